The molecule has 0 radical (unpaired) electrons. The number of halogens is 3. The van der Waals surface area contributed by atoms with Crippen molar-refractivity contribution >= 4 is 24.7 Å². The van der Waals surface area contributed by atoms with Crippen LogP contribution in [-0.2, 0) is 9.22 Å². The van der Waals surface area contributed by atoms with E-state index in [1.807, 2.05) is 60.7 Å². The van der Waals surface area contributed by atoms with Gasteiger partial charge in [0.1, 0.15) is 5.92 Å². The molecule has 0 saturated heterocycles. The van der Waals surface area contributed by atoms with Gasteiger partial charge < -0.3 is 14.6 Å². The molecule has 0 heterocycles. The van der Waals surface area contributed by atoms with Crippen molar-refractivity contribution in [3.8, 4) is 0 Å². The van der Waals surface area contributed by atoms with Crippen molar-refractivity contribution in [3.63, 3.8) is 0 Å². The molecule has 0 saturated carbocycles. The fourth-order valence-corrected chi connectivity index (χ4v) is 9.12. The Balaban J connectivity index is 1.92. The molecule has 8 heteroatoms. The van der Waals surface area contributed by atoms with Crippen LogP contribution >= 0.6 is 0 Å². The lowest BCUT2D eigenvalue weighted by molar-refractivity contribution is -0.141. The van der Waals surface area contributed by atoms with Gasteiger partial charge in [0.15, 0.2) is 17.5 Å². The van der Waals surface area contributed by atoms with Crippen molar-refractivity contribution in [3.05, 3.63) is 95.8 Å². The summed E-state index contributed by atoms with van der Waals surface area (Å²) in [6, 6.07) is 20.8. The Morgan fingerprint density at radius 3 is 1.77 bits per heavy atom. The van der Waals surface area contributed by atoms with Crippen LogP contribution in [-0.4, -0.2) is 37.2 Å². The molecule has 0 bridgehead atoms. The van der Waals surface area contributed by atoms with Crippen molar-refractivity contribution in [1.29, 1.82) is 0 Å². The minimum Gasteiger partial charge on any atom is -0.481 e. The summed E-state index contributed by atoms with van der Waals surface area (Å²) in [5, 5.41) is 22.1. The third kappa shape index (κ3) is 5.50. The molecule has 3 aromatic rings. The molecule has 0 amide bonds. The molecule has 0 spiro atoms. The van der Waals surface area contributed by atoms with Gasteiger partial charge in [-0.25, -0.2) is 13.2 Å². The van der Waals surface area contributed by atoms with Crippen LogP contribution in [0, 0.1) is 17.5 Å². The zero-order valence-electron chi connectivity index (χ0n) is 19.8. The third-order valence-electron chi connectivity index (χ3n) is 6.17. The number of aliphatic hydroxyl groups excluding tert-OH is 1. The van der Waals surface area contributed by atoms with E-state index in [0.717, 1.165) is 10.4 Å². The van der Waals surface area contributed by atoms with Crippen LogP contribution in [0.15, 0.2) is 72.8 Å². The average molecular weight is 503 g/mol. The minimum atomic E-state index is -2.91. The fourth-order valence-electron chi connectivity index (χ4n) is 4.55. The lowest BCUT2D eigenvalue weighted by atomic mass is 9.91. The highest BCUT2D eigenvalue weighted by Gasteiger charge is 2.50. The molecular weight excluding hydrogens is 473 g/mol. The maximum atomic E-state index is 13.7. The molecule has 0 aliphatic heterocycles. The van der Waals surface area contributed by atoms with E-state index in [1.54, 1.807) is 0 Å². The van der Waals surface area contributed by atoms with Gasteiger partial charge in [-0.1, -0.05) is 81.4 Å². The number of carbonyl (C=O) groups is 1. The zero-order chi connectivity index (χ0) is 25.8. The molecule has 4 nitrogen and oxygen atoms in total. The Morgan fingerprint density at radius 2 is 1.37 bits per heavy atom. The number of hydrogen-bond acceptors (Lipinski definition) is 3. The fraction of sp³-hybridized carbons (Fsp3) is 0.296. The number of hydrogen-bond donors (Lipinski definition) is 2. The number of carboxylic acid groups (broad SMARTS) is 1. The summed E-state index contributed by atoms with van der Waals surface area (Å²) in [7, 11) is -2.91. The Labute approximate surface area is 204 Å². The van der Waals surface area contributed by atoms with Crippen molar-refractivity contribution < 1.29 is 32.6 Å². The van der Waals surface area contributed by atoms with Gasteiger partial charge in [-0.2, -0.15) is 0 Å². The van der Waals surface area contributed by atoms with Crippen LogP contribution in [0.25, 0.3) is 0 Å². The highest BCUT2D eigenvalue weighted by atomic mass is 28.4. The molecule has 35 heavy (non-hydrogen) atoms. The Bertz CT molecular complexity index is 1090. The molecule has 2 N–H and O–H groups in total. The first-order valence-electron chi connectivity index (χ1n) is 11.3. The summed E-state index contributed by atoms with van der Waals surface area (Å²) in [5.41, 5.74) is -0.355. The van der Waals surface area contributed by atoms with E-state index in [4.69, 9.17) is 4.43 Å². The lowest BCUT2D eigenvalue weighted by Crippen LogP contribution is -2.66. The molecule has 0 fully saturated rings. The number of aliphatic hydroxyl groups is 1. The monoisotopic (exact) mass is 502 g/mol. The van der Waals surface area contributed by atoms with Gasteiger partial charge in [-0.05, 0) is 39.5 Å². The van der Waals surface area contributed by atoms with Gasteiger partial charge in [0.05, 0.1) is 6.10 Å². The van der Waals surface area contributed by atoms with Gasteiger partial charge in [0.25, 0.3) is 8.32 Å². The molecule has 3 aromatic carbocycles. The predicted molar refractivity (Wildman–Crippen MR) is 131 cm³/mol. The second kappa shape index (κ2) is 10.8. The number of benzene rings is 3. The van der Waals surface area contributed by atoms with Gasteiger partial charge in [0, 0.05) is 6.61 Å². The number of aliphatic carboxylic acids is 1. The summed E-state index contributed by atoms with van der Waals surface area (Å²) in [6.07, 6.45) is -1.63. The molecule has 0 aliphatic carbocycles. The minimum absolute atomic E-state index is 0.00435. The van der Waals surface area contributed by atoms with E-state index >= 15 is 0 Å². The van der Waals surface area contributed by atoms with Crippen molar-refractivity contribution in [2.45, 2.75) is 44.3 Å². The predicted octanol–water partition coefficient (Wildman–Crippen LogP) is 4.60. The first-order valence-corrected chi connectivity index (χ1v) is 13.2. The van der Waals surface area contributed by atoms with Gasteiger partial charge in [-0.15, -0.1) is 0 Å². The SMILES string of the molecule is CC(C)(C)[Si](OCC[C@@H](O)[C@@H](C(=O)O)c1cc(F)c(F)c(F)c1)(c1ccccc1)c1ccccc1. The van der Waals surface area contributed by atoms with E-state index in [-0.39, 0.29) is 23.6 Å². The maximum absolute atomic E-state index is 13.7. The molecule has 0 unspecified atom stereocenters. The van der Waals surface area contributed by atoms with Crippen molar-refractivity contribution in [1.82, 2.24) is 0 Å². The standard InChI is InChI=1S/C27H29F3O4Si/c1-27(2,3)35(19-10-6-4-7-11-19,20-12-8-5-9-13-20)34-15-14-23(31)24(26(32)33)18-16-21(28)25(30)22(29)17-18/h4-13,16-17,23-24,31H,14-15H2,1-3H3,(H,32,33)/t23-,24+/m1/s1. The quantitative estimate of drug-likeness (QED) is 0.332. The van der Waals surface area contributed by atoms with Crippen LogP contribution in [0.2, 0.25) is 5.04 Å². The molecule has 3 rings (SSSR count). The molecule has 0 aliphatic rings. The first kappa shape index (κ1) is 26.7. The van der Waals surface area contributed by atoms with Gasteiger partial charge in [-0.3, -0.25) is 4.79 Å². The Hall–Kier alpha value is -2.94. The summed E-state index contributed by atoms with van der Waals surface area (Å²) in [4.78, 5) is 11.9. The molecule has 186 valence electrons. The topological polar surface area (TPSA) is 66.8 Å². The highest BCUT2D eigenvalue weighted by molar-refractivity contribution is 6.99. The van der Waals surface area contributed by atoms with Gasteiger partial charge >= 0.3 is 5.97 Å². The smallest absolute Gasteiger partial charge is 0.313 e. The van der Waals surface area contributed by atoms with Gasteiger partial charge in [0.2, 0.25) is 0 Å². The van der Waals surface area contributed by atoms with Crippen LogP contribution in [0.1, 0.15) is 38.7 Å². The van der Waals surface area contributed by atoms with E-state index in [1.165, 1.54) is 0 Å². The highest BCUT2D eigenvalue weighted by Crippen LogP contribution is 2.37. The Morgan fingerprint density at radius 1 is 0.914 bits per heavy atom. The third-order valence-corrected chi connectivity index (χ3v) is 11.2. The first-order chi connectivity index (χ1) is 16.5. The normalized spacial score (nSPS) is 13.9. The average Bonchev–Trinajstić information content (AvgIpc) is 2.80. The van der Waals surface area contributed by atoms with Crippen LogP contribution in [0.4, 0.5) is 13.2 Å². The second-order valence-corrected chi connectivity index (χ2v) is 13.8. The van der Waals surface area contributed by atoms with E-state index in [9.17, 15) is 28.2 Å². The van der Waals surface area contributed by atoms with E-state index < -0.39 is 43.8 Å². The second-order valence-electron chi connectivity index (χ2n) is 9.48. The van der Waals surface area contributed by atoms with Crippen molar-refractivity contribution in [2.24, 2.45) is 0 Å². The number of rotatable bonds is 9. The Kier molecular flexibility index (Phi) is 8.20. The van der Waals surface area contributed by atoms with E-state index in [2.05, 4.69) is 20.8 Å². The van der Waals surface area contributed by atoms with Crippen LogP contribution < -0.4 is 10.4 Å². The summed E-state index contributed by atoms with van der Waals surface area (Å²) in [6.45, 7) is 6.25. The maximum Gasteiger partial charge on any atom is 0.313 e. The molecule has 0 aromatic heterocycles. The van der Waals surface area contributed by atoms with E-state index in [0.29, 0.717) is 12.1 Å². The molecule has 2 atom stereocenters. The largest absolute Gasteiger partial charge is 0.481 e. The summed E-state index contributed by atoms with van der Waals surface area (Å²) >= 11 is 0. The lowest BCUT2D eigenvalue weighted by Gasteiger charge is -2.43. The van der Waals surface area contributed by atoms with Crippen LogP contribution in [0.5, 0.6) is 0 Å². The van der Waals surface area contributed by atoms with Crippen LogP contribution in [0.3, 0.4) is 0 Å². The van der Waals surface area contributed by atoms with Crippen molar-refractivity contribution in [2.75, 3.05) is 6.61 Å². The summed E-state index contributed by atoms with van der Waals surface area (Å²) in [5.74, 6) is -7.85. The number of carboxylic acids is 1. The molecular formula is C27H29F3O4Si. The summed E-state index contributed by atoms with van der Waals surface area (Å²) < 4.78 is 47.5. The zero-order valence-corrected chi connectivity index (χ0v) is 20.8.